The van der Waals surface area contributed by atoms with Crippen molar-refractivity contribution in [2.24, 2.45) is 0 Å². The summed E-state index contributed by atoms with van der Waals surface area (Å²) in [7, 11) is 0. The van der Waals surface area contributed by atoms with Crippen LogP contribution in [0.1, 0.15) is 46.0 Å². The van der Waals surface area contributed by atoms with Crippen molar-refractivity contribution in [2.75, 3.05) is 13.1 Å². The number of hydrogen-bond donors (Lipinski definition) is 2. The number of β-amino-alcohol motifs (C(OH)–C–C–N with tert-alkyl or cyclic N) is 1. The molecular weight excluding hydrogens is 216 g/mol. The zero-order valence-electron chi connectivity index (χ0n) is 10.9. The van der Waals surface area contributed by atoms with Gasteiger partial charge in [-0.15, -0.1) is 0 Å². The molecule has 2 aliphatic rings. The quantitative estimate of drug-likeness (QED) is 0.770. The molecule has 2 unspecified atom stereocenters. The Balaban J connectivity index is 1.82. The van der Waals surface area contributed by atoms with E-state index < -0.39 is 5.60 Å². The predicted molar refractivity (Wildman–Crippen MR) is 66.7 cm³/mol. The van der Waals surface area contributed by atoms with Crippen molar-refractivity contribution in [3.63, 3.8) is 0 Å². The van der Waals surface area contributed by atoms with Gasteiger partial charge in [0.25, 0.3) is 0 Å². The summed E-state index contributed by atoms with van der Waals surface area (Å²) in [6, 6.07) is 0.262. The maximum atomic E-state index is 12.1. The Bertz CT molecular complexity index is 285. The van der Waals surface area contributed by atoms with E-state index >= 15 is 0 Å². The van der Waals surface area contributed by atoms with Gasteiger partial charge >= 0.3 is 0 Å². The van der Waals surface area contributed by atoms with Crippen molar-refractivity contribution in [3.05, 3.63) is 0 Å². The molecule has 98 valence electrons. The van der Waals surface area contributed by atoms with Crippen molar-refractivity contribution in [1.82, 2.24) is 10.2 Å². The Hall–Kier alpha value is -0.610. The molecule has 1 heterocycles. The topological polar surface area (TPSA) is 52.6 Å². The molecule has 0 aromatic heterocycles. The maximum Gasteiger partial charge on any atom is 0.237 e. The summed E-state index contributed by atoms with van der Waals surface area (Å²) in [6.07, 6.45) is 5.47. The fourth-order valence-corrected chi connectivity index (χ4v) is 2.87. The average Bonchev–Trinajstić information content (AvgIpc) is 2.86. The summed E-state index contributed by atoms with van der Waals surface area (Å²) in [4.78, 5) is 14.1. The van der Waals surface area contributed by atoms with Crippen LogP contribution in [-0.2, 0) is 4.79 Å². The van der Waals surface area contributed by atoms with Gasteiger partial charge in [0, 0.05) is 19.1 Å². The van der Waals surface area contributed by atoms with Crippen LogP contribution in [0, 0.1) is 0 Å². The van der Waals surface area contributed by atoms with Crippen LogP contribution in [0.2, 0.25) is 0 Å². The van der Waals surface area contributed by atoms with Crippen molar-refractivity contribution in [2.45, 2.75) is 63.6 Å². The van der Waals surface area contributed by atoms with E-state index in [1.165, 1.54) is 12.8 Å². The lowest BCUT2D eigenvalue weighted by molar-refractivity contribution is -0.126. The second kappa shape index (κ2) is 4.94. The minimum atomic E-state index is -0.623. The van der Waals surface area contributed by atoms with Gasteiger partial charge < -0.3 is 10.4 Å². The zero-order valence-corrected chi connectivity index (χ0v) is 10.9. The molecule has 0 aromatic carbocycles. The number of nitrogens with zero attached hydrogens (tertiary/aromatic N) is 1. The molecule has 1 aliphatic carbocycles. The first-order valence-corrected chi connectivity index (χ1v) is 6.75. The SMILES string of the molecule is CC(C(=O)NC1CCCC1)N1CCC(C)(O)C1. The summed E-state index contributed by atoms with van der Waals surface area (Å²) in [5, 5.41) is 13.0. The zero-order chi connectivity index (χ0) is 12.5. The Morgan fingerprint density at radius 2 is 2.12 bits per heavy atom. The number of amides is 1. The second-order valence-corrected chi connectivity index (χ2v) is 5.88. The van der Waals surface area contributed by atoms with E-state index in [4.69, 9.17) is 0 Å². The van der Waals surface area contributed by atoms with E-state index in [2.05, 4.69) is 10.2 Å². The van der Waals surface area contributed by atoms with Crippen LogP contribution in [0.25, 0.3) is 0 Å². The number of rotatable bonds is 3. The van der Waals surface area contributed by atoms with Gasteiger partial charge in [-0.1, -0.05) is 12.8 Å². The Morgan fingerprint density at radius 3 is 2.65 bits per heavy atom. The molecule has 0 bridgehead atoms. The summed E-state index contributed by atoms with van der Waals surface area (Å²) in [5.41, 5.74) is -0.623. The molecule has 1 saturated carbocycles. The molecule has 1 amide bonds. The number of nitrogens with one attached hydrogen (secondary N) is 1. The number of hydrogen-bond acceptors (Lipinski definition) is 3. The van der Waals surface area contributed by atoms with Gasteiger partial charge in [0.15, 0.2) is 0 Å². The van der Waals surface area contributed by atoms with Gasteiger partial charge in [-0.2, -0.15) is 0 Å². The van der Waals surface area contributed by atoms with E-state index in [1.54, 1.807) is 0 Å². The maximum absolute atomic E-state index is 12.1. The number of carbonyl (C=O) groups excluding carboxylic acids is 1. The third kappa shape index (κ3) is 3.19. The highest BCUT2D eigenvalue weighted by molar-refractivity contribution is 5.81. The molecule has 4 heteroatoms. The van der Waals surface area contributed by atoms with Gasteiger partial charge in [0.2, 0.25) is 5.91 Å². The van der Waals surface area contributed by atoms with E-state index in [-0.39, 0.29) is 11.9 Å². The van der Waals surface area contributed by atoms with Crippen LogP contribution in [0.5, 0.6) is 0 Å². The van der Waals surface area contributed by atoms with Gasteiger partial charge in [-0.25, -0.2) is 0 Å². The third-order valence-electron chi connectivity index (χ3n) is 4.11. The summed E-state index contributed by atoms with van der Waals surface area (Å²) in [6.45, 7) is 5.19. The first-order chi connectivity index (χ1) is 7.98. The molecule has 4 nitrogen and oxygen atoms in total. The van der Waals surface area contributed by atoms with Crippen LogP contribution in [0.3, 0.4) is 0 Å². The second-order valence-electron chi connectivity index (χ2n) is 5.88. The first-order valence-electron chi connectivity index (χ1n) is 6.75. The van der Waals surface area contributed by atoms with E-state index in [9.17, 15) is 9.90 Å². The lowest BCUT2D eigenvalue weighted by atomic mass is 10.1. The van der Waals surface area contributed by atoms with Crippen molar-refractivity contribution < 1.29 is 9.90 Å². The highest BCUT2D eigenvalue weighted by Gasteiger charge is 2.36. The standard InChI is InChI=1S/C13H24N2O2/c1-10(15-8-7-13(2,17)9-15)12(16)14-11-5-3-4-6-11/h10-11,17H,3-9H2,1-2H3,(H,14,16). The fraction of sp³-hybridized carbons (Fsp3) is 0.923. The van der Waals surface area contributed by atoms with Gasteiger partial charge in [0.1, 0.15) is 0 Å². The molecule has 2 N–H and O–H groups in total. The molecule has 1 aliphatic heterocycles. The van der Waals surface area contributed by atoms with Crippen LogP contribution in [0.15, 0.2) is 0 Å². The van der Waals surface area contributed by atoms with Gasteiger partial charge in [-0.05, 0) is 33.1 Å². The van der Waals surface area contributed by atoms with E-state index in [0.717, 1.165) is 25.8 Å². The summed E-state index contributed by atoms with van der Waals surface area (Å²) in [5.74, 6) is 0.120. The minimum Gasteiger partial charge on any atom is -0.389 e. The molecule has 0 aromatic rings. The molecule has 2 rings (SSSR count). The van der Waals surface area contributed by atoms with Crippen LogP contribution in [0.4, 0.5) is 0 Å². The number of aliphatic hydroxyl groups is 1. The third-order valence-corrected chi connectivity index (χ3v) is 4.11. The van der Waals surface area contributed by atoms with Crippen LogP contribution < -0.4 is 5.32 Å². The summed E-state index contributed by atoms with van der Waals surface area (Å²) >= 11 is 0. The Kier molecular flexibility index (Phi) is 3.73. The predicted octanol–water partition coefficient (Wildman–Crippen LogP) is 0.890. The van der Waals surface area contributed by atoms with Crippen molar-refractivity contribution in [3.8, 4) is 0 Å². The first kappa shape index (κ1) is 12.8. The minimum absolute atomic E-state index is 0.120. The summed E-state index contributed by atoms with van der Waals surface area (Å²) < 4.78 is 0. The molecule has 0 radical (unpaired) electrons. The fourth-order valence-electron chi connectivity index (χ4n) is 2.87. The molecule has 2 atom stereocenters. The number of likely N-dealkylation sites (tertiary alicyclic amines) is 1. The van der Waals surface area contributed by atoms with Gasteiger partial charge in [-0.3, -0.25) is 9.69 Å². The molecular formula is C13H24N2O2. The Morgan fingerprint density at radius 1 is 1.47 bits per heavy atom. The largest absolute Gasteiger partial charge is 0.389 e. The highest BCUT2D eigenvalue weighted by Crippen LogP contribution is 2.23. The van der Waals surface area contributed by atoms with E-state index in [0.29, 0.717) is 12.6 Å². The normalized spacial score (nSPS) is 32.9. The van der Waals surface area contributed by atoms with E-state index in [1.807, 2.05) is 13.8 Å². The molecule has 0 spiro atoms. The average molecular weight is 240 g/mol. The highest BCUT2D eigenvalue weighted by atomic mass is 16.3. The van der Waals surface area contributed by atoms with Gasteiger partial charge in [0.05, 0.1) is 11.6 Å². The molecule has 17 heavy (non-hydrogen) atoms. The van der Waals surface area contributed by atoms with Crippen LogP contribution >= 0.6 is 0 Å². The lowest BCUT2D eigenvalue weighted by Crippen LogP contribution is -2.47. The smallest absolute Gasteiger partial charge is 0.237 e. The monoisotopic (exact) mass is 240 g/mol. The van der Waals surface area contributed by atoms with Crippen molar-refractivity contribution in [1.29, 1.82) is 0 Å². The molecule has 1 saturated heterocycles. The lowest BCUT2D eigenvalue weighted by Gasteiger charge is -2.26. The Labute approximate surface area is 103 Å². The van der Waals surface area contributed by atoms with Crippen molar-refractivity contribution >= 4 is 5.91 Å². The molecule has 2 fully saturated rings. The van der Waals surface area contributed by atoms with Crippen LogP contribution in [-0.4, -0.2) is 46.7 Å². The number of carbonyl (C=O) groups is 1.